The van der Waals surface area contributed by atoms with Crippen LogP contribution in [0.15, 0.2) is 6.33 Å². The minimum Gasteiger partial charge on any atom is -0.490 e. The molecule has 0 radical (unpaired) electrons. The first-order valence-electron chi connectivity index (χ1n) is 6.09. The second-order valence-corrected chi connectivity index (χ2v) is 4.60. The highest BCUT2D eigenvalue weighted by atomic mass is 16.5. The van der Waals surface area contributed by atoms with Crippen molar-refractivity contribution in [2.24, 2.45) is 5.92 Å². The Balaban J connectivity index is 2.24. The van der Waals surface area contributed by atoms with Crippen molar-refractivity contribution in [3.05, 3.63) is 6.33 Å². The van der Waals surface area contributed by atoms with Crippen molar-refractivity contribution in [3.8, 4) is 5.75 Å². The molecule has 0 bridgehead atoms. The van der Waals surface area contributed by atoms with Crippen LogP contribution >= 0.6 is 0 Å². The molecule has 100 valence electrons. The van der Waals surface area contributed by atoms with Crippen LogP contribution < -0.4 is 15.4 Å². The topological polar surface area (TPSA) is 73.5 Å². The van der Waals surface area contributed by atoms with Crippen LogP contribution in [0.5, 0.6) is 5.75 Å². The van der Waals surface area contributed by atoms with Gasteiger partial charge in [0.1, 0.15) is 6.33 Å². The van der Waals surface area contributed by atoms with E-state index in [4.69, 9.17) is 15.2 Å². The second kappa shape index (κ2) is 5.39. The predicted octanol–water partition coefficient (Wildman–Crippen LogP) is 0.929. The molecule has 2 heterocycles. The molecule has 2 N–H and O–H groups in total. The van der Waals surface area contributed by atoms with Gasteiger partial charge in [-0.15, -0.1) is 0 Å². The van der Waals surface area contributed by atoms with Crippen LogP contribution in [-0.4, -0.2) is 43.4 Å². The van der Waals surface area contributed by atoms with Crippen LogP contribution in [0, 0.1) is 5.92 Å². The van der Waals surface area contributed by atoms with Gasteiger partial charge in [-0.25, -0.2) is 9.97 Å². The Morgan fingerprint density at radius 1 is 1.39 bits per heavy atom. The molecule has 2 atom stereocenters. The Kier molecular flexibility index (Phi) is 3.86. The number of methoxy groups -OCH3 is 2. The van der Waals surface area contributed by atoms with E-state index >= 15 is 0 Å². The molecule has 0 spiro atoms. The molecule has 1 aromatic rings. The van der Waals surface area contributed by atoms with Crippen LogP contribution in [0.2, 0.25) is 0 Å². The van der Waals surface area contributed by atoms with Crippen molar-refractivity contribution in [1.82, 2.24) is 9.97 Å². The SMILES string of the molecule is COc1c(N)ncnc1N1CCC(C)C(OC)C1. The van der Waals surface area contributed by atoms with E-state index in [1.165, 1.54) is 6.33 Å². The number of ether oxygens (including phenoxy) is 2. The zero-order valence-electron chi connectivity index (χ0n) is 11.1. The van der Waals surface area contributed by atoms with E-state index < -0.39 is 0 Å². The minimum absolute atomic E-state index is 0.208. The van der Waals surface area contributed by atoms with Gasteiger partial charge in [-0.1, -0.05) is 6.92 Å². The molecule has 0 aromatic carbocycles. The quantitative estimate of drug-likeness (QED) is 0.862. The smallest absolute Gasteiger partial charge is 0.204 e. The van der Waals surface area contributed by atoms with Crippen molar-refractivity contribution < 1.29 is 9.47 Å². The van der Waals surface area contributed by atoms with Gasteiger partial charge in [0.25, 0.3) is 0 Å². The number of nitrogens with two attached hydrogens (primary N) is 1. The minimum atomic E-state index is 0.208. The number of piperidine rings is 1. The van der Waals surface area contributed by atoms with Gasteiger partial charge >= 0.3 is 0 Å². The molecule has 1 saturated heterocycles. The predicted molar refractivity (Wildman–Crippen MR) is 69.8 cm³/mol. The number of aromatic nitrogens is 2. The molecule has 6 nitrogen and oxygen atoms in total. The van der Waals surface area contributed by atoms with Gasteiger partial charge in [-0.05, 0) is 12.3 Å². The molecular weight excluding hydrogens is 232 g/mol. The van der Waals surface area contributed by atoms with Gasteiger partial charge in [0.05, 0.1) is 13.2 Å². The molecule has 1 fully saturated rings. The van der Waals surface area contributed by atoms with Gasteiger partial charge in [0.2, 0.25) is 5.75 Å². The van der Waals surface area contributed by atoms with Crippen molar-refractivity contribution in [1.29, 1.82) is 0 Å². The van der Waals surface area contributed by atoms with E-state index in [0.717, 1.165) is 25.3 Å². The highest BCUT2D eigenvalue weighted by Gasteiger charge is 2.28. The highest BCUT2D eigenvalue weighted by molar-refractivity contribution is 5.62. The summed E-state index contributed by atoms with van der Waals surface area (Å²) in [6.07, 6.45) is 2.73. The molecule has 18 heavy (non-hydrogen) atoms. The van der Waals surface area contributed by atoms with Crippen LogP contribution in [-0.2, 0) is 4.74 Å². The van der Waals surface area contributed by atoms with Crippen molar-refractivity contribution in [2.45, 2.75) is 19.4 Å². The Morgan fingerprint density at radius 2 is 2.17 bits per heavy atom. The first kappa shape index (κ1) is 12.9. The van der Waals surface area contributed by atoms with E-state index in [0.29, 0.717) is 17.5 Å². The Morgan fingerprint density at radius 3 is 2.83 bits per heavy atom. The standard InChI is InChI=1S/C12H20N4O2/c1-8-4-5-16(6-9(8)17-2)12-10(18-3)11(13)14-7-15-12/h7-9H,4-6H2,1-3H3,(H2,13,14,15). The zero-order chi connectivity index (χ0) is 13.1. The highest BCUT2D eigenvalue weighted by Crippen LogP contribution is 2.32. The number of hydrogen-bond acceptors (Lipinski definition) is 6. The zero-order valence-corrected chi connectivity index (χ0v) is 11.1. The molecule has 2 unspecified atom stereocenters. The fourth-order valence-electron chi connectivity index (χ4n) is 2.33. The average molecular weight is 252 g/mol. The lowest BCUT2D eigenvalue weighted by Crippen LogP contribution is -2.44. The maximum absolute atomic E-state index is 5.80. The Bertz CT molecular complexity index is 413. The van der Waals surface area contributed by atoms with Crippen LogP contribution in [0.1, 0.15) is 13.3 Å². The van der Waals surface area contributed by atoms with Crippen molar-refractivity contribution in [2.75, 3.05) is 37.9 Å². The number of anilines is 2. The largest absolute Gasteiger partial charge is 0.490 e. The molecule has 0 aliphatic carbocycles. The number of nitrogen functional groups attached to an aromatic ring is 1. The Labute approximate surface area is 107 Å². The first-order chi connectivity index (χ1) is 8.67. The molecule has 1 aliphatic rings. The summed E-state index contributed by atoms with van der Waals surface area (Å²) in [6, 6.07) is 0. The first-order valence-corrected chi connectivity index (χ1v) is 6.09. The fourth-order valence-corrected chi connectivity index (χ4v) is 2.33. The van der Waals surface area contributed by atoms with Gasteiger partial charge in [0.15, 0.2) is 11.6 Å². The lowest BCUT2D eigenvalue weighted by Gasteiger charge is -2.37. The van der Waals surface area contributed by atoms with Gasteiger partial charge in [-0.2, -0.15) is 0 Å². The number of nitrogens with zero attached hydrogens (tertiary/aromatic N) is 3. The summed E-state index contributed by atoms with van der Waals surface area (Å²) in [4.78, 5) is 10.4. The summed E-state index contributed by atoms with van der Waals surface area (Å²) < 4.78 is 10.8. The van der Waals surface area contributed by atoms with Gasteiger partial charge < -0.3 is 20.1 Å². The van der Waals surface area contributed by atoms with E-state index in [2.05, 4.69) is 21.8 Å². The monoisotopic (exact) mass is 252 g/mol. The van der Waals surface area contributed by atoms with Crippen molar-refractivity contribution in [3.63, 3.8) is 0 Å². The Hall–Kier alpha value is -1.56. The van der Waals surface area contributed by atoms with Crippen LogP contribution in [0.3, 0.4) is 0 Å². The molecule has 6 heteroatoms. The fraction of sp³-hybridized carbons (Fsp3) is 0.667. The lowest BCUT2D eigenvalue weighted by atomic mass is 9.96. The summed E-state index contributed by atoms with van der Waals surface area (Å²) >= 11 is 0. The average Bonchev–Trinajstić information content (AvgIpc) is 2.39. The lowest BCUT2D eigenvalue weighted by molar-refractivity contribution is 0.0495. The molecule has 1 aliphatic heterocycles. The van der Waals surface area contributed by atoms with Gasteiger partial charge in [0, 0.05) is 20.2 Å². The third kappa shape index (κ3) is 2.33. The van der Waals surface area contributed by atoms with E-state index in [1.807, 2.05) is 0 Å². The summed E-state index contributed by atoms with van der Waals surface area (Å²) in [5.74, 6) is 2.22. The van der Waals surface area contributed by atoms with E-state index in [-0.39, 0.29) is 6.10 Å². The molecule has 2 rings (SSSR count). The molecule has 0 amide bonds. The third-order valence-corrected chi connectivity index (χ3v) is 3.51. The third-order valence-electron chi connectivity index (χ3n) is 3.51. The van der Waals surface area contributed by atoms with E-state index in [1.54, 1.807) is 14.2 Å². The van der Waals surface area contributed by atoms with Gasteiger partial charge in [-0.3, -0.25) is 0 Å². The summed E-state index contributed by atoms with van der Waals surface area (Å²) in [6.45, 7) is 3.93. The molecular formula is C12H20N4O2. The summed E-state index contributed by atoms with van der Waals surface area (Å²) in [7, 11) is 3.33. The number of hydrogen-bond donors (Lipinski definition) is 1. The summed E-state index contributed by atoms with van der Waals surface area (Å²) in [5.41, 5.74) is 5.80. The normalized spacial score (nSPS) is 24.1. The molecule has 1 aromatic heterocycles. The van der Waals surface area contributed by atoms with Crippen LogP contribution in [0.25, 0.3) is 0 Å². The second-order valence-electron chi connectivity index (χ2n) is 4.60. The van der Waals surface area contributed by atoms with Crippen molar-refractivity contribution >= 4 is 11.6 Å². The molecule has 0 saturated carbocycles. The maximum Gasteiger partial charge on any atom is 0.204 e. The summed E-state index contributed by atoms with van der Waals surface area (Å²) in [5, 5.41) is 0. The maximum atomic E-state index is 5.80. The number of rotatable bonds is 3. The van der Waals surface area contributed by atoms with E-state index in [9.17, 15) is 0 Å². The van der Waals surface area contributed by atoms with Crippen LogP contribution in [0.4, 0.5) is 11.6 Å².